The monoisotopic (exact) mass is 271 g/mol. The Balaban J connectivity index is 1.91. The number of methoxy groups -OCH3 is 1. The van der Waals surface area contributed by atoms with E-state index in [0.717, 1.165) is 30.8 Å². The van der Waals surface area contributed by atoms with Gasteiger partial charge in [0.05, 0.1) is 12.8 Å². The normalized spacial score (nSPS) is 17.9. The van der Waals surface area contributed by atoms with E-state index in [0.29, 0.717) is 6.04 Å². The lowest BCUT2D eigenvalue weighted by Gasteiger charge is -2.27. The van der Waals surface area contributed by atoms with Crippen LogP contribution < -0.4 is 10.1 Å². The molecule has 0 radical (unpaired) electrons. The minimum atomic E-state index is 0.337. The van der Waals surface area contributed by atoms with Gasteiger partial charge < -0.3 is 10.1 Å². The van der Waals surface area contributed by atoms with Crippen molar-refractivity contribution in [2.24, 2.45) is 7.05 Å². The molecule has 0 fully saturated rings. The van der Waals surface area contributed by atoms with E-state index in [-0.39, 0.29) is 0 Å². The molecule has 4 nitrogen and oxygen atoms in total. The van der Waals surface area contributed by atoms with Crippen molar-refractivity contribution in [3.8, 4) is 5.75 Å². The third kappa shape index (κ3) is 2.43. The summed E-state index contributed by atoms with van der Waals surface area (Å²) in [6, 6.07) is 8.90. The number of aromatic nitrogens is 2. The van der Waals surface area contributed by atoms with Crippen LogP contribution in [-0.4, -0.2) is 23.4 Å². The Labute approximate surface area is 119 Å². The van der Waals surface area contributed by atoms with Crippen LogP contribution >= 0.6 is 0 Å². The maximum Gasteiger partial charge on any atom is 0.119 e. The third-order valence-electron chi connectivity index (χ3n) is 4.03. The van der Waals surface area contributed by atoms with Crippen LogP contribution in [0.5, 0.6) is 5.75 Å². The van der Waals surface area contributed by atoms with Crippen molar-refractivity contribution in [2.75, 3.05) is 13.7 Å². The van der Waals surface area contributed by atoms with Crippen molar-refractivity contribution in [3.63, 3.8) is 0 Å². The van der Waals surface area contributed by atoms with Crippen molar-refractivity contribution in [1.29, 1.82) is 0 Å². The Morgan fingerprint density at radius 1 is 1.40 bits per heavy atom. The van der Waals surface area contributed by atoms with Gasteiger partial charge in [-0.2, -0.15) is 5.10 Å². The zero-order valence-electron chi connectivity index (χ0n) is 12.3. The van der Waals surface area contributed by atoms with Gasteiger partial charge in [-0.15, -0.1) is 0 Å². The molecule has 106 valence electrons. The van der Waals surface area contributed by atoms with Crippen LogP contribution in [-0.2, 0) is 19.9 Å². The van der Waals surface area contributed by atoms with Gasteiger partial charge in [-0.25, -0.2) is 0 Å². The summed E-state index contributed by atoms with van der Waals surface area (Å²) in [6.07, 6.45) is 2.04. The molecule has 0 spiro atoms. The molecule has 0 bridgehead atoms. The van der Waals surface area contributed by atoms with Crippen LogP contribution in [0.25, 0.3) is 0 Å². The van der Waals surface area contributed by atoms with Gasteiger partial charge in [0.25, 0.3) is 0 Å². The molecule has 0 saturated carbocycles. The topological polar surface area (TPSA) is 39.1 Å². The maximum absolute atomic E-state index is 5.36. The summed E-state index contributed by atoms with van der Waals surface area (Å²) >= 11 is 0. The highest BCUT2D eigenvalue weighted by Gasteiger charge is 2.21. The quantitative estimate of drug-likeness (QED) is 0.930. The van der Waals surface area contributed by atoms with Crippen molar-refractivity contribution in [1.82, 2.24) is 15.1 Å². The van der Waals surface area contributed by atoms with Crippen LogP contribution in [0, 0.1) is 6.92 Å². The van der Waals surface area contributed by atoms with Gasteiger partial charge in [0.15, 0.2) is 0 Å². The lowest BCUT2D eigenvalue weighted by molar-refractivity contribution is 0.410. The lowest BCUT2D eigenvalue weighted by Crippen LogP contribution is -2.31. The standard InChI is InChI=1S/C16H21N3O/c1-11-8-13(19(2)18-11)9-16-15-10-14(20-3)5-4-12(15)6-7-17-16/h4-5,8,10,16-17H,6-7,9H2,1-3H3. The molecule has 1 aromatic carbocycles. The molecule has 0 amide bonds. The third-order valence-corrected chi connectivity index (χ3v) is 4.03. The molecule has 1 N–H and O–H groups in total. The second kappa shape index (κ2) is 5.29. The number of hydrogen-bond acceptors (Lipinski definition) is 3. The molecule has 3 rings (SSSR count). The Kier molecular flexibility index (Phi) is 3.49. The molecule has 0 aliphatic carbocycles. The predicted octanol–water partition coefficient (Wildman–Crippen LogP) is 2.17. The SMILES string of the molecule is COc1ccc2c(c1)C(Cc1cc(C)nn1C)NCC2. The highest BCUT2D eigenvalue weighted by Crippen LogP contribution is 2.29. The van der Waals surface area contributed by atoms with Crippen molar-refractivity contribution in [3.05, 3.63) is 46.8 Å². The molecular formula is C16H21N3O. The number of nitrogens with zero attached hydrogens (tertiary/aromatic N) is 2. The van der Waals surface area contributed by atoms with Gasteiger partial charge in [0.1, 0.15) is 5.75 Å². The van der Waals surface area contributed by atoms with Crippen LogP contribution in [0.3, 0.4) is 0 Å². The largest absolute Gasteiger partial charge is 0.497 e. The molecule has 4 heteroatoms. The van der Waals surface area contributed by atoms with E-state index in [1.165, 1.54) is 16.8 Å². The van der Waals surface area contributed by atoms with E-state index in [2.05, 4.69) is 34.7 Å². The Morgan fingerprint density at radius 2 is 2.25 bits per heavy atom. The maximum atomic E-state index is 5.36. The number of aryl methyl sites for hydroxylation is 2. The van der Waals surface area contributed by atoms with E-state index in [9.17, 15) is 0 Å². The number of rotatable bonds is 3. The van der Waals surface area contributed by atoms with E-state index in [1.54, 1.807) is 7.11 Å². The molecule has 1 aromatic heterocycles. The first-order valence-electron chi connectivity index (χ1n) is 7.07. The molecule has 1 atom stereocenters. The summed E-state index contributed by atoms with van der Waals surface area (Å²) in [6.45, 7) is 3.07. The molecule has 1 aliphatic heterocycles. The zero-order chi connectivity index (χ0) is 14.1. The molecule has 2 heterocycles. The van der Waals surface area contributed by atoms with E-state index >= 15 is 0 Å². The number of nitrogens with one attached hydrogen (secondary N) is 1. The second-order valence-electron chi connectivity index (χ2n) is 5.43. The molecule has 20 heavy (non-hydrogen) atoms. The van der Waals surface area contributed by atoms with Gasteiger partial charge in [-0.3, -0.25) is 4.68 Å². The first-order valence-corrected chi connectivity index (χ1v) is 7.07. The van der Waals surface area contributed by atoms with Gasteiger partial charge in [-0.05, 0) is 49.2 Å². The van der Waals surface area contributed by atoms with Gasteiger partial charge in [0, 0.05) is 25.2 Å². The summed E-state index contributed by atoms with van der Waals surface area (Å²) in [5.41, 5.74) is 5.11. The minimum absolute atomic E-state index is 0.337. The van der Waals surface area contributed by atoms with Crippen LogP contribution in [0.2, 0.25) is 0 Å². The number of hydrogen-bond donors (Lipinski definition) is 1. The summed E-state index contributed by atoms with van der Waals surface area (Å²) in [7, 11) is 3.73. The van der Waals surface area contributed by atoms with Gasteiger partial charge in [-0.1, -0.05) is 6.07 Å². The highest BCUT2D eigenvalue weighted by atomic mass is 16.5. The summed E-state index contributed by atoms with van der Waals surface area (Å²) in [4.78, 5) is 0. The summed E-state index contributed by atoms with van der Waals surface area (Å²) < 4.78 is 7.34. The Hall–Kier alpha value is -1.81. The van der Waals surface area contributed by atoms with E-state index in [4.69, 9.17) is 4.74 Å². The van der Waals surface area contributed by atoms with Crippen molar-refractivity contribution < 1.29 is 4.74 Å². The fourth-order valence-corrected chi connectivity index (χ4v) is 2.99. The van der Waals surface area contributed by atoms with Crippen molar-refractivity contribution in [2.45, 2.75) is 25.8 Å². The zero-order valence-corrected chi connectivity index (χ0v) is 12.3. The average molecular weight is 271 g/mol. The lowest BCUT2D eigenvalue weighted by atomic mass is 9.91. The smallest absolute Gasteiger partial charge is 0.119 e. The van der Waals surface area contributed by atoms with Gasteiger partial charge >= 0.3 is 0 Å². The predicted molar refractivity (Wildman–Crippen MR) is 79.1 cm³/mol. The summed E-state index contributed by atoms with van der Waals surface area (Å²) in [5.74, 6) is 0.929. The first kappa shape index (κ1) is 13.2. The molecule has 2 aromatic rings. The van der Waals surface area contributed by atoms with Crippen LogP contribution in [0.1, 0.15) is 28.6 Å². The van der Waals surface area contributed by atoms with Crippen LogP contribution in [0.15, 0.2) is 24.3 Å². The summed E-state index contributed by atoms with van der Waals surface area (Å²) in [5, 5.41) is 8.05. The molecular weight excluding hydrogens is 250 g/mol. The average Bonchev–Trinajstić information content (AvgIpc) is 2.77. The second-order valence-corrected chi connectivity index (χ2v) is 5.43. The van der Waals surface area contributed by atoms with Crippen LogP contribution in [0.4, 0.5) is 0 Å². The molecule has 1 unspecified atom stereocenters. The number of fused-ring (bicyclic) bond motifs is 1. The Bertz CT molecular complexity index is 618. The van der Waals surface area contributed by atoms with E-state index < -0.39 is 0 Å². The highest BCUT2D eigenvalue weighted by molar-refractivity contribution is 5.40. The number of benzene rings is 1. The molecule has 1 aliphatic rings. The fourth-order valence-electron chi connectivity index (χ4n) is 2.99. The minimum Gasteiger partial charge on any atom is -0.497 e. The van der Waals surface area contributed by atoms with Crippen molar-refractivity contribution >= 4 is 0 Å². The fraction of sp³-hybridized carbons (Fsp3) is 0.438. The van der Waals surface area contributed by atoms with E-state index in [1.807, 2.05) is 18.7 Å². The van der Waals surface area contributed by atoms with Gasteiger partial charge in [0.2, 0.25) is 0 Å². The molecule has 0 saturated heterocycles. The Morgan fingerprint density at radius 3 is 2.95 bits per heavy atom. The first-order chi connectivity index (χ1) is 9.67. The number of ether oxygens (including phenoxy) is 1.